The van der Waals surface area contributed by atoms with Gasteiger partial charge in [-0.3, -0.25) is 0 Å². The molecule has 1 aliphatic heterocycles. The lowest BCUT2D eigenvalue weighted by molar-refractivity contribution is 0.154. The van der Waals surface area contributed by atoms with Crippen molar-refractivity contribution in [2.75, 3.05) is 7.11 Å². The fourth-order valence-corrected chi connectivity index (χ4v) is 8.08. The van der Waals surface area contributed by atoms with Gasteiger partial charge >= 0.3 is 0 Å². The van der Waals surface area contributed by atoms with Gasteiger partial charge in [0.2, 0.25) is 0 Å². The van der Waals surface area contributed by atoms with E-state index >= 15 is 0 Å². The van der Waals surface area contributed by atoms with E-state index in [1.807, 2.05) is 6.07 Å². The Morgan fingerprint density at radius 1 is 0.510 bits per heavy atom. The monoisotopic (exact) mass is 629 g/mol. The Morgan fingerprint density at radius 2 is 1.02 bits per heavy atom. The predicted octanol–water partition coefficient (Wildman–Crippen LogP) is 11.6. The molecular formula is C46H31NO2. The van der Waals surface area contributed by atoms with Crippen LogP contribution in [0.4, 0.5) is 0 Å². The molecule has 0 bridgehead atoms. The molecule has 0 saturated carbocycles. The zero-order chi connectivity index (χ0) is 32.5. The van der Waals surface area contributed by atoms with Crippen LogP contribution in [-0.4, -0.2) is 11.7 Å². The van der Waals surface area contributed by atoms with Gasteiger partial charge in [-0.2, -0.15) is 0 Å². The Balaban J connectivity index is 1.20. The van der Waals surface area contributed by atoms with Crippen LogP contribution in [0.25, 0.3) is 65.9 Å². The van der Waals surface area contributed by atoms with Gasteiger partial charge in [-0.05, 0) is 69.4 Å². The lowest BCUT2D eigenvalue weighted by Crippen LogP contribution is -2.34. The van der Waals surface area contributed by atoms with Crippen LogP contribution < -0.4 is 9.47 Å². The van der Waals surface area contributed by atoms with Gasteiger partial charge in [-0.1, -0.05) is 127 Å². The van der Waals surface area contributed by atoms with Crippen molar-refractivity contribution in [3.05, 3.63) is 180 Å². The summed E-state index contributed by atoms with van der Waals surface area (Å²) in [6, 6.07) is 56.0. The smallest absolute Gasteiger partial charge is 0.178 e. The molecule has 0 spiro atoms. The average molecular weight is 630 g/mol. The summed E-state index contributed by atoms with van der Waals surface area (Å²) in [6.07, 6.45) is 4.47. The summed E-state index contributed by atoms with van der Waals surface area (Å²) in [5.74, 6) is 1.46. The van der Waals surface area contributed by atoms with Crippen molar-refractivity contribution in [3.8, 4) is 17.2 Å². The van der Waals surface area contributed by atoms with Gasteiger partial charge in [0.05, 0.1) is 18.1 Å². The number of methoxy groups -OCH3 is 1. The molecule has 0 saturated heterocycles. The Morgan fingerprint density at radius 3 is 1.65 bits per heavy atom. The highest BCUT2D eigenvalue weighted by Gasteiger charge is 2.39. The SMILES string of the molecule is COc1cc2c3ccccc3c3ccccc3c2c2c1OC(c1ccccc1)(c1ccc(-n3c4ccccc4c4ccccc43)cc1)C=C2. The summed E-state index contributed by atoms with van der Waals surface area (Å²) in [5, 5.41) is 9.68. The second-order valence-corrected chi connectivity index (χ2v) is 12.8. The van der Waals surface area contributed by atoms with E-state index in [-0.39, 0.29) is 0 Å². The van der Waals surface area contributed by atoms with E-state index in [1.165, 1.54) is 48.7 Å². The first-order valence-corrected chi connectivity index (χ1v) is 16.7. The minimum Gasteiger partial charge on any atom is -0.493 e. The zero-order valence-corrected chi connectivity index (χ0v) is 26.9. The number of rotatable bonds is 4. The van der Waals surface area contributed by atoms with Gasteiger partial charge in [-0.15, -0.1) is 0 Å². The number of benzene rings is 8. The summed E-state index contributed by atoms with van der Waals surface area (Å²) in [4.78, 5) is 0. The molecule has 1 unspecified atom stereocenters. The third-order valence-corrected chi connectivity index (χ3v) is 10.3. The van der Waals surface area contributed by atoms with Crippen molar-refractivity contribution in [2.45, 2.75) is 5.60 Å². The molecule has 9 aromatic rings. The van der Waals surface area contributed by atoms with Crippen molar-refractivity contribution in [1.82, 2.24) is 4.57 Å². The highest BCUT2D eigenvalue weighted by molar-refractivity contribution is 6.27. The normalized spacial score (nSPS) is 15.6. The number of hydrogen-bond acceptors (Lipinski definition) is 2. The molecule has 0 amide bonds. The Kier molecular flexibility index (Phi) is 6.00. The summed E-state index contributed by atoms with van der Waals surface area (Å²) in [5.41, 5.74) is 5.72. The minimum absolute atomic E-state index is 0.717. The summed E-state index contributed by atoms with van der Waals surface area (Å²) >= 11 is 0. The first kappa shape index (κ1) is 27.8. The van der Waals surface area contributed by atoms with Crippen LogP contribution in [0.5, 0.6) is 11.5 Å². The number of para-hydroxylation sites is 2. The molecule has 1 atom stereocenters. The average Bonchev–Trinajstić information content (AvgIpc) is 3.52. The van der Waals surface area contributed by atoms with Gasteiger partial charge in [0.25, 0.3) is 0 Å². The van der Waals surface area contributed by atoms with E-state index in [2.05, 4.69) is 168 Å². The van der Waals surface area contributed by atoms with E-state index in [4.69, 9.17) is 9.47 Å². The highest BCUT2D eigenvalue weighted by atomic mass is 16.5. The van der Waals surface area contributed by atoms with Crippen LogP contribution >= 0.6 is 0 Å². The third-order valence-electron chi connectivity index (χ3n) is 10.3. The van der Waals surface area contributed by atoms with Gasteiger partial charge in [0.15, 0.2) is 17.1 Å². The molecule has 3 nitrogen and oxygen atoms in total. The van der Waals surface area contributed by atoms with Crippen LogP contribution in [0.15, 0.2) is 164 Å². The summed E-state index contributed by atoms with van der Waals surface area (Å²) in [6.45, 7) is 0. The van der Waals surface area contributed by atoms with Crippen LogP contribution in [0, 0.1) is 0 Å². The largest absolute Gasteiger partial charge is 0.493 e. The molecule has 1 aliphatic rings. The van der Waals surface area contributed by atoms with E-state index in [0.717, 1.165) is 39.3 Å². The molecule has 232 valence electrons. The second kappa shape index (κ2) is 10.6. The highest BCUT2D eigenvalue weighted by Crippen LogP contribution is 2.51. The van der Waals surface area contributed by atoms with E-state index in [1.54, 1.807) is 7.11 Å². The van der Waals surface area contributed by atoms with E-state index in [9.17, 15) is 0 Å². The Bertz CT molecular complexity index is 2720. The standard InChI is InChI=1S/C46H31NO2/c1-48-43-29-40-35-17-6-5-15-33(35)34-16-7-8-20-38(34)44(40)39-27-28-46(49-45(39)43,30-13-3-2-4-14-30)31-23-25-32(26-24-31)47-41-21-11-9-18-36(41)37-19-10-12-22-42(37)47/h2-29H,1H3. The summed E-state index contributed by atoms with van der Waals surface area (Å²) in [7, 11) is 1.73. The van der Waals surface area contributed by atoms with Crippen LogP contribution in [0.1, 0.15) is 16.7 Å². The quantitative estimate of drug-likeness (QED) is 0.181. The molecule has 0 radical (unpaired) electrons. The Hall–Kier alpha value is -6.32. The molecule has 3 heteroatoms. The maximum Gasteiger partial charge on any atom is 0.178 e. The number of ether oxygens (including phenoxy) is 2. The molecule has 8 aromatic carbocycles. The molecule has 0 aliphatic carbocycles. The lowest BCUT2D eigenvalue weighted by atomic mass is 9.82. The molecule has 10 rings (SSSR count). The lowest BCUT2D eigenvalue weighted by Gasteiger charge is -2.37. The van der Waals surface area contributed by atoms with Crippen LogP contribution in [0.2, 0.25) is 0 Å². The fraction of sp³-hybridized carbons (Fsp3) is 0.0435. The molecule has 0 fully saturated rings. The second-order valence-electron chi connectivity index (χ2n) is 12.8. The van der Waals surface area contributed by atoms with Gasteiger partial charge < -0.3 is 14.0 Å². The molecule has 49 heavy (non-hydrogen) atoms. The molecule has 1 aromatic heterocycles. The minimum atomic E-state index is -0.874. The topological polar surface area (TPSA) is 23.4 Å². The fourth-order valence-electron chi connectivity index (χ4n) is 8.08. The molecule has 0 N–H and O–H groups in total. The first-order chi connectivity index (χ1) is 24.2. The van der Waals surface area contributed by atoms with Crippen LogP contribution in [0.3, 0.4) is 0 Å². The van der Waals surface area contributed by atoms with E-state index < -0.39 is 5.60 Å². The number of hydrogen-bond donors (Lipinski definition) is 0. The number of fused-ring (bicyclic) bond motifs is 11. The van der Waals surface area contributed by atoms with Gasteiger partial charge in [-0.25, -0.2) is 0 Å². The summed E-state index contributed by atoms with van der Waals surface area (Å²) < 4.78 is 15.8. The number of aromatic nitrogens is 1. The maximum absolute atomic E-state index is 7.34. The van der Waals surface area contributed by atoms with E-state index in [0.29, 0.717) is 0 Å². The van der Waals surface area contributed by atoms with Crippen molar-refractivity contribution in [3.63, 3.8) is 0 Å². The van der Waals surface area contributed by atoms with Crippen molar-refractivity contribution < 1.29 is 9.47 Å². The van der Waals surface area contributed by atoms with Crippen molar-refractivity contribution in [1.29, 1.82) is 0 Å². The zero-order valence-electron chi connectivity index (χ0n) is 26.9. The molecular weight excluding hydrogens is 599 g/mol. The number of nitrogens with zero attached hydrogens (tertiary/aromatic N) is 1. The molecule has 2 heterocycles. The predicted molar refractivity (Wildman–Crippen MR) is 203 cm³/mol. The Labute approximate surface area is 283 Å². The van der Waals surface area contributed by atoms with Gasteiger partial charge in [0, 0.05) is 38.5 Å². The van der Waals surface area contributed by atoms with Gasteiger partial charge in [0.1, 0.15) is 0 Å². The van der Waals surface area contributed by atoms with Crippen LogP contribution in [-0.2, 0) is 5.60 Å². The van der Waals surface area contributed by atoms with Crippen molar-refractivity contribution >= 4 is 60.2 Å². The first-order valence-electron chi connectivity index (χ1n) is 16.7. The third kappa shape index (κ3) is 3.96. The van der Waals surface area contributed by atoms with Crippen molar-refractivity contribution in [2.24, 2.45) is 0 Å². The maximum atomic E-state index is 7.34.